The normalized spacial score (nSPS) is 31.0. The van der Waals surface area contributed by atoms with Crippen LogP contribution in [0.5, 0.6) is 0 Å². The summed E-state index contributed by atoms with van der Waals surface area (Å²) < 4.78 is 5.56. The van der Waals surface area contributed by atoms with E-state index in [0.717, 1.165) is 18.4 Å². The van der Waals surface area contributed by atoms with E-state index in [1.165, 1.54) is 25.7 Å². The number of aromatic nitrogens is 2. The number of hydrogen-bond acceptors (Lipinski definition) is 5. The first-order valence-corrected chi connectivity index (χ1v) is 6.64. The van der Waals surface area contributed by atoms with Crippen LogP contribution in [0.1, 0.15) is 38.5 Å². The van der Waals surface area contributed by atoms with Crippen molar-refractivity contribution in [2.75, 3.05) is 11.9 Å². The Balaban J connectivity index is 1.56. The zero-order valence-electron chi connectivity index (χ0n) is 10.3. The summed E-state index contributed by atoms with van der Waals surface area (Å²) in [5.74, 6) is 2.42. The fourth-order valence-corrected chi connectivity index (χ4v) is 3.20. The molecule has 1 aromatic rings. The highest BCUT2D eigenvalue weighted by molar-refractivity contribution is 5.22. The number of rotatable bonds is 5. The van der Waals surface area contributed by atoms with Crippen molar-refractivity contribution in [3.05, 3.63) is 5.89 Å². The van der Waals surface area contributed by atoms with Gasteiger partial charge in [-0.05, 0) is 37.6 Å². The molecule has 2 aliphatic rings. The van der Waals surface area contributed by atoms with Gasteiger partial charge in [0.15, 0.2) is 0 Å². The van der Waals surface area contributed by atoms with Crippen LogP contribution in [0, 0.1) is 11.8 Å². The Morgan fingerprint density at radius 1 is 1.29 bits per heavy atom. The maximum Gasteiger partial charge on any atom is 0.315 e. The van der Waals surface area contributed by atoms with E-state index in [-0.39, 0.29) is 0 Å². The number of nitrogens with one attached hydrogen (secondary N) is 2. The molecule has 2 aliphatic carbocycles. The molecule has 2 fully saturated rings. The molecular formula is C12H20N4O. The molecule has 3 rings (SSSR count). The van der Waals surface area contributed by atoms with Crippen molar-refractivity contribution in [2.24, 2.45) is 11.8 Å². The van der Waals surface area contributed by atoms with Crippen molar-refractivity contribution < 1.29 is 4.42 Å². The average molecular weight is 236 g/mol. The molecule has 5 heteroatoms. The largest absolute Gasteiger partial charge is 0.407 e. The monoisotopic (exact) mass is 236 g/mol. The first-order valence-electron chi connectivity index (χ1n) is 6.64. The molecule has 0 radical (unpaired) electrons. The average Bonchev–Trinajstić information content (AvgIpc) is 3.02. The standard InChI is InChI=1S/C12H20N4O/c1-2-13-7-11-15-16-12(17-11)14-10-6-8-3-4-9(10)5-8/h8-10,13H,2-7H2,1H3,(H,14,16). The van der Waals surface area contributed by atoms with Gasteiger partial charge < -0.3 is 15.1 Å². The van der Waals surface area contributed by atoms with Crippen LogP contribution in [-0.2, 0) is 6.54 Å². The number of hydrogen-bond donors (Lipinski definition) is 2. The van der Waals surface area contributed by atoms with Gasteiger partial charge in [-0.2, -0.15) is 0 Å². The maximum atomic E-state index is 5.56. The summed E-state index contributed by atoms with van der Waals surface area (Å²) in [6.07, 6.45) is 5.44. The van der Waals surface area contributed by atoms with Gasteiger partial charge in [-0.1, -0.05) is 18.4 Å². The van der Waals surface area contributed by atoms with Gasteiger partial charge in [0.2, 0.25) is 5.89 Å². The maximum absolute atomic E-state index is 5.56. The highest BCUT2D eigenvalue weighted by atomic mass is 16.4. The molecule has 1 aromatic heterocycles. The predicted molar refractivity (Wildman–Crippen MR) is 64.5 cm³/mol. The Morgan fingerprint density at radius 2 is 2.24 bits per heavy atom. The van der Waals surface area contributed by atoms with E-state index in [4.69, 9.17) is 4.42 Å². The summed E-state index contributed by atoms with van der Waals surface area (Å²) in [6.45, 7) is 3.63. The quantitative estimate of drug-likeness (QED) is 0.816. The lowest BCUT2D eigenvalue weighted by atomic mass is 9.96. The van der Waals surface area contributed by atoms with Crippen LogP contribution in [0.3, 0.4) is 0 Å². The number of anilines is 1. The van der Waals surface area contributed by atoms with E-state index in [1.54, 1.807) is 0 Å². The smallest absolute Gasteiger partial charge is 0.315 e. The van der Waals surface area contributed by atoms with E-state index < -0.39 is 0 Å². The van der Waals surface area contributed by atoms with Crippen LogP contribution in [-0.4, -0.2) is 22.8 Å². The van der Waals surface area contributed by atoms with Crippen molar-refractivity contribution in [3.8, 4) is 0 Å². The Hall–Kier alpha value is -1.10. The molecular weight excluding hydrogens is 216 g/mol. The molecule has 0 amide bonds. The molecule has 1 heterocycles. The minimum absolute atomic E-state index is 0.557. The van der Waals surface area contributed by atoms with Crippen LogP contribution in [0.4, 0.5) is 6.01 Å². The number of nitrogens with zero attached hydrogens (tertiary/aromatic N) is 2. The van der Waals surface area contributed by atoms with E-state index in [0.29, 0.717) is 24.5 Å². The first-order chi connectivity index (χ1) is 8.35. The van der Waals surface area contributed by atoms with E-state index >= 15 is 0 Å². The molecule has 0 saturated heterocycles. The van der Waals surface area contributed by atoms with Gasteiger partial charge in [-0.15, -0.1) is 5.10 Å². The fourth-order valence-electron chi connectivity index (χ4n) is 3.20. The second-order valence-electron chi connectivity index (χ2n) is 5.21. The lowest BCUT2D eigenvalue weighted by Gasteiger charge is -2.21. The summed E-state index contributed by atoms with van der Waals surface area (Å²) in [5.41, 5.74) is 0. The lowest BCUT2D eigenvalue weighted by molar-refractivity contribution is 0.420. The van der Waals surface area contributed by atoms with Crippen LogP contribution < -0.4 is 10.6 Å². The zero-order valence-corrected chi connectivity index (χ0v) is 10.3. The molecule has 0 spiro atoms. The van der Waals surface area contributed by atoms with Gasteiger partial charge in [-0.25, -0.2) is 0 Å². The molecule has 94 valence electrons. The summed E-state index contributed by atoms with van der Waals surface area (Å²) in [6, 6.07) is 1.15. The van der Waals surface area contributed by atoms with Crippen LogP contribution >= 0.6 is 0 Å². The highest BCUT2D eigenvalue weighted by Gasteiger charge is 2.40. The minimum Gasteiger partial charge on any atom is -0.407 e. The van der Waals surface area contributed by atoms with Gasteiger partial charge >= 0.3 is 6.01 Å². The van der Waals surface area contributed by atoms with Crippen molar-refractivity contribution in [1.82, 2.24) is 15.5 Å². The zero-order chi connectivity index (χ0) is 11.7. The second kappa shape index (κ2) is 4.64. The van der Waals surface area contributed by atoms with Gasteiger partial charge in [0.1, 0.15) is 0 Å². The molecule has 2 bridgehead atoms. The molecule has 2 saturated carbocycles. The fraction of sp³-hybridized carbons (Fsp3) is 0.833. The van der Waals surface area contributed by atoms with Gasteiger partial charge in [0.25, 0.3) is 0 Å². The van der Waals surface area contributed by atoms with Crippen molar-refractivity contribution in [3.63, 3.8) is 0 Å². The summed E-state index contributed by atoms with van der Waals surface area (Å²) in [4.78, 5) is 0. The molecule has 17 heavy (non-hydrogen) atoms. The molecule has 5 nitrogen and oxygen atoms in total. The summed E-state index contributed by atoms with van der Waals surface area (Å²) in [5, 5.41) is 14.6. The SMILES string of the molecule is CCNCc1nnc(NC2CC3CCC2C3)o1. The Morgan fingerprint density at radius 3 is 2.94 bits per heavy atom. The molecule has 3 unspecified atom stereocenters. The Kier molecular flexibility index (Phi) is 3.01. The second-order valence-corrected chi connectivity index (χ2v) is 5.21. The van der Waals surface area contributed by atoms with Crippen LogP contribution in [0.15, 0.2) is 4.42 Å². The van der Waals surface area contributed by atoms with E-state index in [1.807, 2.05) is 0 Å². The Labute approximate surface area is 101 Å². The van der Waals surface area contributed by atoms with Crippen molar-refractivity contribution in [1.29, 1.82) is 0 Å². The van der Waals surface area contributed by atoms with E-state index in [2.05, 4.69) is 27.8 Å². The molecule has 0 aliphatic heterocycles. The van der Waals surface area contributed by atoms with E-state index in [9.17, 15) is 0 Å². The van der Waals surface area contributed by atoms with Crippen molar-refractivity contribution >= 4 is 6.01 Å². The van der Waals surface area contributed by atoms with Crippen LogP contribution in [0.2, 0.25) is 0 Å². The lowest BCUT2D eigenvalue weighted by Crippen LogP contribution is -2.25. The molecule has 0 aromatic carbocycles. The molecule has 2 N–H and O–H groups in total. The Bertz CT molecular complexity index is 378. The topological polar surface area (TPSA) is 63.0 Å². The predicted octanol–water partition coefficient (Wildman–Crippen LogP) is 1.78. The highest BCUT2D eigenvalue weighted by Crippen LogP contribution is 2.45. The van der Waals surface area contributed by atoms with Crippen molar-refractivity contribution in [2.45, 2.75) is 45.2 Å². The number of fused-ring (bicyclic) bond motifs is 2. The third-order valence-corrected chi connectivity index (χ3v) is 4.04. The van der Waals surface area contributed by atoms with Gasteiger partial charge in [0, 0.05) is 6.04 Å². The minimum atomic E-state index is 0.557. The summed E-state index contributed by atoms with van der Waals surface area (Å²) >= 11 is 0. The third kappa shape index (κ3) is 2.29. The third-order valence-electron chi connectivity index (χ3n) is 4.04. The molecule has 3 atom stereocenters. The van der Waals surface area contributed by atoms with Gasteiger partial charge in [-0.3, -0.25) is 0 Å². The van der Waals surface area contributed by atoms with Gasteiger partial charge in [0.05, 0.1) is 6.54 Å². The first kappa shape index (κ1) is 11.0. The van der Waals surface area contributed by atoms with Crippen LogP contribution in [0.25, 0.3) is 0 Å². The summed E-state index contributed by atoms with van der Waals surface area (Å²) in [7, 11) is 0.